The maximum Gasteiger partial charge on any atom is 0.176 e. The Balaban J connectivity index is 1.93. The smallest absolute Gasteiger partial charge is 0.176 e. The van der Waals surface area contributed by atoms with Crippen LogP contribution in [0.25, 0.3) is 0 Å². The fraction of sp³-hybridized carbons (Fsp3) is 0.250. The number of para-hydroxylation sites is 1. The van der Waals surface area contributed by atoms with Crippen LogP contribution in [0.3, 0.4) is 0 Å². The lowest BCUT2D eigenvalue weighted by Crippen LogP contribution is -2.42. The maximum atomic E-state index is 9.76. The van der Waals surface area contributed by atoms with Crippen molar-refractivity contribution in [1.29, 1.82) is 0 Å². The topological polar surface area (TPSA) is 41.5 Å². The van der Waals surface area contributed by atoms with Gasteiger partial charge in [-0.2, -0.15) is 0 Å². The molecule has 3 nitrogen and oxygen atoms in total. The van der Waals surface area contributed by atoms with Crippen LogP contribution >= 0.6 is 0 Å². The highest BCUT2D eigenvalue weighted by atomic mass is 16.5. The van der Waals surface area contributed by atoms with E-state index in [1.807, 2.05) is 60.7 Å². The average molecular weight is 257 g/mol. The molecule has 0 aromatic heterocycles. The normalized spacial score (nSPS) is 13.8. The highest BCUT2D eigenvalue weighted by Gasteiger charge is 2.15. The van der Waals surface area contributed by atoms with Gasteiger partial charge in [0.2, 0.25) is 0 Å². The van der Waals surface area contributed by atoms with Crippen LogP contribution in [0.2, 0.25) is 0 Å². The summed E-state index contributed by atoms with van der Waals surface area (Å²) in [6.45, 7) is 2.37. The molecule has 0 bridgehead atoms. The van der Waals surface area contributed by atoms with Crippen LogP contribution in [0.15, 0.2) is 60.7 Å². The van der Waals surface area contributed by atoms with E-state index in [0.717, 1.165) is 11.3 Å². The number of aliphatic hydroxyl groups is 1. The number of nitrogens with one attached hydrogen (secondary N) is 1. The summed E-state index contributed by atoms with van der Waals surface area (Å²) in [6.07, 6.45) is -1.02. The minimum Gasteiger partial charge on any atom is -0.473 e. The Kier molecular flexibility index (Phi) is 4.95. The zero-order valence-corrected chi connectivity index (χ0v) is 11.0. The predicted octanol–water partition coefficient (Wildman–Crippen LogP) is 2.56. The van der Waals surface area contributed by atoms with Crippen molar-refractivity contribution >= 4 is 0 Å². The molecule has 3 heteroatoms. The van der Waals surface area contributed by atoms with Gasteiger partial charge >= 0.3 is 0 Å². The van der Waals surface area contributed by atoms with Gasteiger partial charge < -0.3 is 9.84 Å². The van der Waals surface area contributed by atoms with Crippen molar-refractivity contribution in [3.8, 4) is 5.75 Å². The lowest BCUT2D eigenvalue weighted by atomic mass is 10.2. The molecule has 0 amide bonds. The summed E-state index contributed by atoms with van der Waals surface area (Å²) in [5, 5.41) is 13.0. The fourth-order valence-electron chi connectivity index (χ4n) is 1.77. The fourth-order valence-corrected chi connectivity index (χ4v) is 1.77. The number of rotatable bonds is 6. The molecule has 0 fully saturated rings. The summed E-state index contributed by atoms with van der Waals surface area (Å²) in [6, 6.07) is 19.5. The molecular formula is C16H19NO2. The van der Waals surface area contributed by atoms with Crippen LogP contribution in [0.5, 0.6) is 5.75 Å². The molecule has 100 valence electrons. The number of benzene rings is 2. The summed E-state index contributed by atoms with van der Waals surface area (Å²) in [7, 11) is 0. The SMILES string of the molecule is CC(O)C(NCc1ccccc1)Oc1ccccc1. The molecule has 0 heterocycles. The van der Waals surface area contributed by atoms with E-state index < -0.39 is 12.3 Å². The van der Waals surface area contributed by atoms with Gasteiger partial charge in [0, 0.05) is 6.54 Å². The minimum absolute atomic E-state index is 0.428. The van der Waals surface area contributed by atoms with Crippen LogP contribution in [-0.2, 0) is 6.54 Å². The molecule has 0 spiro atoms. The molecule has 0 saturated carbocycles. The molecular weight excluding hydrogens is 238 g/mol. The molecule has 0 aliphatic carbocycles. The Morgan fingerprint density at radius 3 is 2.16 bits per heavy atom. The molecule has 2 atom stereocenters. The van der Waals surface area contributed by atoms with Crippen molar-refractivity contribution in [2.75, 3.05) is 0 Å². The van der Waals surface area contributed by atoms with E-state index in [0.29, 0.717) is 6.54 Å². The van der Waals surface area contributed by atoms with Crippen molar-refractivity contribution in [3.63, 3.8) is 0 Å². The van der Waals surface area contributed by atoms with E-state index in [2.05, 4.69) is 5.32 Å². The Bertz CT molecular complexity index is 471. The second-order valence-corrected chi connectivity index (χ2v) is 4.46. The second-order valence-electron chi connectivity index (χ2n) is 4.46. The van der Waals surface area contributed by atoms with Crippen LogP contribution in [0, 0.1) is 0 Å². The van der Waals surface area contributed by atoms with Crippen LogP contribution in [0.4, 0.5) is 0 Å². The minimum atomic E-state index is -0.594. The molecule has 2 N–H and O–H groups in total. The van der Waals surface area contributed by atoms with Crippen LogP contribution in [-0.4, -0.2) is 17.4 Å². The van der Waals surface area contributed by atoms with Crippen LogP contribution in [0.1, 0.15) is 12.5 Å². The lowest BCUT2D eigenvalue weighted by molar-refractivity contribution is 0.0257. The van der Waals surface area contributed by atoms with E-state index >= 15 is 0 Å². The zero-order chi connectivity index (χ0) is 13.5. The second kappa shape index (κ2) is 6.92. The number of aliphatic hydroxyl groups excluding tert-OH is 1. The average Bonchev–Trinajstić information content (AvgIpc) is 2.45. The van der Waals surface area contributed by atoms with Gasteiger partial charge in [-0.3, -0.25) is 5.32 Å². The van der Waals surface area contributed by atoms with Crippen molar-refractivity contribution in [1.82, 2.24) is 5.32 Å². The number of hydrogen-bond donors (Lipinski definition) is 2. The van der Waals surface area contributed by atoms with E-state index in [9.17, 15) is 5.11 Å². The number of ether oxygens (including phenoxy) is 1. The Hall–Kier alpha value is -1.84. The first kappa shape index (κ1) is 13.6. The third-order valence-corrected chi connectivity index (χ3v) is 2.79. The third-order valence-electron chi connectivity index (χ3n) is 2.79. The molecule has 19 heavy (non-hydrogen) atoms. The summed E-state index contributed by atoms with van der Waals surface area (Å²) in [5.74, 6) is 0.744. The van der Waals surface area contributed by atoms with Crippen molar-refractivity contribution in [2.45, 2.75) is 25.8 Å². The highest BCUT2D eigenvalue weighted by Crippen LogP contribution is 2.12. The molecule has 2 rings (SSSR count). The van der Waals surface area contributed by atoms with E-state index in [1.54, 1.807) is 6.92 Å². The molecule has 0 radical (unpaired) electrons. The van der Waals surface area contributed by atoms with Crippen molar-refractivity contribution in [3.05, 3.63) is 66.2 Å². The van der Waals surface area contributed by atoms with Gasteiger partial charge in [-0.05, 0) is 24.6 Å². The van der Waals surface area contributed by atoms with Gasteiger partial charge in [0.15, 0.2) is 6.23 Å². The standard InChI is InChI=1S/C16H19NO2/c1-13(18)16(19-15-10-6-3-7-11-15)17-12-14-8-4-2-5-9-14/h2-11,13,16-18H,12H2,1H3. The zero-order valence-electron chi connectivity index (χ0n) is 11.0. The Morgan fingerprint density at radius 2 is 1.58 bits per heavy atom. The molecule has 2 aromatic carbocycles. The molecule has 0 aliphatic rings. The quantitative estimate of drug-likeness (QED) is 0.781. The first-order chi connectivity index (χ1) is 9.25. The summed E-state index contributed by atoms with van der Waals surface area (Å²) in [5.41, 5.74) is 1.16. The lowest BCUT2D eigenvalue weighted by Gasteiger charge is -2.23. The van der Waals surface area contributed by atoms with Gasteiger partial charge in [0.05, 0.1) is 0 Å². The van der Waals surface area contributed by atoms with Crippen LogP contribution < -0.4 is 10.1 Å². The molecule has 2 aromatic rings. The molecule has 2 unspecified atom stereocenters. The third kappa shape index (κ3) is 4.39. The molecule has 0 aliphatic heterocycles. The van der Waals surface area contributed by atoms with Gasteiger partial charge in [0.1, 0.15) is 11.9 Å². The first-order valence-electron chi connectivity index (χ1n) is 6.43. The predicted molar refractivity (Wildman–Crippen MR) is 75.8 cm³/mol. The highest BCUT2D eigenvalue weighted by molar-refractivity contribution is 5.21. The Morgan fingerprint density at radius 1 is 1.00 bits per heavy atom. The summed E-state index contributed by atoms with van der Waals surface area (Å²) >= 11 is 0. The van der Waals surface area contributed by atoms with Gasteiger partial charge in [0.25, 0.3) is 0 Å². The Labute approximate surface area is 113 Å². The summed E-state index contributed by atoms with van der Waals surface area (Å²) < 4.78 is 5.74. The first-order valence-corrected chi connectivity index (χ1v) is 6.43. The van der Waals surface area contributed by atoms with E-state index in [4.69, 9.17) is 4.74 Å². The van der Waals surface area contributed by atoms with E-state index in [-0.39, 0.29) is 0 Å². The monoisotopic (exact) mass is 257 g/mol. The van der Waals surface area contributed by atoms with Crippen molar-refractivity contribution in [2.24, 2.45) is 0 Å². The van der Waals surface area contributed by atoms with Crippen molar-refractivity contribution < 1.29 is 9.84 Å². The van der Waals surface area contributed by atoms with Gasteiger partial charge in [-0.25, -0.2) is 0 Å². The molecule has 0 saturated heterocycles. The number of hydrogen-bond acceptors (Lipinski definition) is 3. The summed E-state index contributed by atoms with van der Waals surface area (Å²) in [4.78, 5) is 0. The van der Waals surface area contributed by atoms with E-state index in [1.165, 1.54) is 0 Å². The van der Waals surface area contributed by atoms with Gasteiger partial charge in [-0.1, -0.05) is 48.5 Å². The largest absolute Gasteiger partial charge is 0.473 e. The maximum absolute atomic E-state index is 9.76. The van der Waals surface area contributed by atoms with Gasteiger partial charge in [-0.15, -0.1) is 0 Å².